The first-order chi connectivity index (χ1) is 12.8. The van der Waals surface area contributed by atoms with E-state index in [1.807, 2.05) is 59.2 Å². The summed E-state index contributed by atoms with van der Waals surface area (Å²) in [5.74, 6) is 0.556. The van der Waals surface area contributed by atoms with Crippen molar-refractivity contribution in [2.24, 2.45) is 0 Å². The second kappa shape index (κ2) is 7.23. The Kier molecular flexibility index (Phi) is 4.48. The average molecular weight is 344 g/mol. The van der Waals surface area contributed by atoms with Crippen LogP contribution in [-0.2, 0) is 6.61 Å². The van der Waals surface area contributed by atoms with Gasteiger partial charge < -0.3 is 4.74 Å². The molecule has 0 saturated carbocycles. The van der Waals surface area contributed by atoms with Crippen molar-refractivity contribution in [3.63, 3.8) is 0 Å². The topological polar surface area (TPSA) is 27.1 Å². The van der Waals surface area contributed by atoms with Crippen LogP contribution in [0.3, 0.4) is 0 Å². The van der Waals surface area contributed by atoms with Gasteiger partial charge in [0.05, 0.1) is 18.2 Å². The molecule has 4 heteroatoms. The number of benzene rings is 3. The minimum atomic E-state index is -0.254. The van der Waals surface area contributed by atoms with Crippen LogP contribution in [0, 0.1) is 5.82 Å². The van der Waals surface area contributed by atoms with Crippen LogP contribution in [-0.4, -0.2) is 9.55 Å². The van der Waals surface area contributed by atoms with Crippen molar-refractivity contribution in [2.45, 2.75) is 6.61 Å². The standard InChI is InChI=1S/C22H17FN2O/c23-19-8-10-20(11-9-19)25-16-24-14-22(25)18-6-12-21(13-7-18)26-15-17-4-2-1-3-5-17/h1-14,16H,15H2. The Bertz CT molecular complexity index is 977. The highest BCUT2D eigenvalue weighted by molar-refractivity contribution is 5.62. The van der Waals surface area contributed by atoms with Crippen LogP contribution in [0.1, 0.15) is 5.56 Å². The first-order valence-corrected chi connectivity index (χ1v) is 8.35. The van der Waals surface area contributed by atoms with E-state index in [-0.39, 0.29) is 5.82 Å². The zero-order valence-corrected chi connectivity index (χ0v) is 14.0. The third-order valence-corrected chi connectivity index (χ3v) is 4.14. The second-order valence-electron chi connectivity index (χ2n) is 5.92. The monoisotopic (exact) mass is 344 g/mol. The van der Waals surface area contributed by atoms with Crippen molar-refractivity contribution in [2.75, 3.05) is 0 Å². The highest BCUT2D eigenvalue weighted by Crippen LogP contribution is 2.25. The summed E-state index contributed by atoms with van der Waals surface area (Å²) in [6, 6.07) is 24.3. The van der Waals surface area contributed by atoms with Gasteiger partial charge in [0.1, 0.15) is 18.2 Å². The van der Waals surface area contributed by atoms with Gasteiger partial charge in [0.25, 0.3) is 0 Å². The maximum Gasteiger partial charge on any atom is 0.123 e. The molecule has 0 atom stereocenters. The molecule has 4 aromatic rings. The fourth-order valence-electron chi connectivity index (χ4n) is 2.78. The Labute approximate surface area is 151 Å². The molecule has 128 valence electrons. The van der Waals surface area contributed by atoms with Crippen molar-refractivity contribution in [1.82, 2.24) is 9.55 Å². The van der Waals surface area contributed by atoms with Gasteiger partial charge in [-0.15, -0.1) is 0 Å². The van der Waals surface area contributed by atoms with E-state index in [0.717, 1.165) is 28.3 Å². The lowest BCUT2D eigenvalue weighted by molar-refractivity contribution is 0.306. The Balaban J connectivity index is 1.52. The summed E-state index contributed by atoms with van der Waals surface area (Å²) in [6.45, 7) is 0.535. The van der Waals surface area contributed by atoms with Crippen LogP contribution in [0.15, 0.2) is 91.4 Å². The number of hydrogen-bond acceptors (Lipinski definition) is 2. The average Bonchev–Trinajstić information content (AvgIpc) is 3.18. The number of aromatic nitrogens is 2. The highest BCUT2D eigenvalue weighted by atomic mass is 19.1. The first kappa shape index (κ1) is 16.1. The molecule has 0 aliphatic rings. The predicted molar refractivity (Wildman–Crippen MR) is 99.7 cm³/mol. The molecule has 0 aliphatic heterocycles. The maximum absolute atomic E-state index is 13.2. The zero-order chi connectivity index (χ0) is 17.8. The molecule has 0 unspecified atom stereocenters. The SMILES string of the molecule is Fc1ccc(-n2cncc2-c2ccc(OCc3ccccc3)cc2)cc1. The fourth-order valence-corrected chi connectivity index (χ4v) is 2.78. The zero-order valence-electron chi connectivity index (χ0n) is 14.0. The predicted octanol–water partition coefficient (Wildman–Crippen LogP) is 5.26. The molecule has 0 N–H and O–H groups in total. The van der Waals surface area contributed by atoms with E-state index in [1.54, 1.807) is 24.7 Å². The van der Waals surface area contributed by atoms with E-state index in [2.05, 4.69) is 4.98 Å². The van der Waals surface area contributed by atoms with Gasteiger partial charge in [-0.3, -0.25) is 4.57 Å². The maximum atomic E-state index is 13.2. The minimum Gasteiger partial charge on any atom is -0.489 e. The molecule has 3 aromatic carbocycles. The molecule has 0 amide bonds. The van der Waals surface area contributed by atoms with E-state index in [1.165, 1.54) is 12.1 Å². The molecule has 1 aromatic heterocycles. The first-order valence-electron chi connectivity index (χ1n) is 8.35. The van der Waals surface area contributed by atoms with E-state index >= 15 is 0 Å². The summed E-state index contributed by atoms with van der Waals surface area (Å²) >= 11 is 0. The summed E-state index contributed by atoms with van der Waals surface area (Å²) < 4.78 is 20.9. The van der Waals surface area contributed by atoms with E-state index in [0.29, 0.717) is 6.61 Å². The molecule has 0 saturated heterocycles. The van der Waals surface area contributed by atoms with Crippen LogP contribution in [0.2, 0.25) is 0 Å². The number of hydrogen-bond donors (Lipinski definition) is 0. The molecule has 0 spiro atoms. The molecular weight excluding hydrogens is 327 g/mol. The summed E-state index contributed by atoms with van der Waals surface area (Å²) in [5.41, 5.74) is 3.94. The van der Waals surface area contributed by atoms with Gasteiger partial charge in [-0.2, -0.15) is 0 Å². The van der Waals surface area contributed by atoms with Crippen molar-refractivity contribution in [3.8, 4) is 22.7 Å². The Morgan fingerprint density at radius 2 is 1.58 bits per heavy atom. The number of rotatable bonds is 5. The number of halogens is 1. The van der Waals surface area contributed by atoms with Crippen LogP contribution in [0.5, 0.6) is 5.75 Å². The van der Waals surface area contributed by atoms with Gasteiger partial charge in [0.2, 0.25) is 0 Å². The van der Waals surface area contributed by atoms with Crippen molar-refractivity contribution >= 4 is 0 Å². The molecule has 0 aliphatic carbocycles. The van der Waals surface area contributed by atoms with E-state index < -0.39 is 0 Å². The van der Waals surface area contributed by atoms with Crippen molar-refractivity contribution < 1.29 is 9.13 Å². The van der Waals surface area contributed by atoms with Crippen LogP contribution in [0.25, 0.3) is 16.9 Å². The molecule has 0 bridgehead atoms. The van der Waals surface area contributed by atoms with E-state index in [4.69, 9.17) is 4.74 Å². The summed E-state index contributed by atoms with van der Waals surface area (Å²) in [6.07, 6.45) is 3.52. The van der Waals surface area contributed by atoms with Crippen LogP contribution >= 0.6 is 0 Å². The van der Waals surface area contributed by atoms with Gasteiger partial charge in [-0.1, -0.05) is 30.3 Å². The summed E-state index contributed by atoms with van der Waals surface area (Å²) in [5, 5.41) is 0. The highest BCUT2D eigenvalue weighted by Gasteiger charge is 2.07. The Hall–Kier alpha value is -3.40. The Morgan fingerprint density at radius 1 is 0.846 bits per heavy atom. The normalized spacial score (nSPS) is 10.7. The minimum absolute atomic E-state index is 0.254. The lowest BCUT2D eigenvalue weighted by atomic mass is 10.1. The van der Waals surface area contributed by atoms with Gasteiger partial charge >= 0.3 is 0 Å². The molecule has 26 heavy (non-hydrogen) atoms. The largest absolute Gasteiger partial charge is 0.489 e. The molecule has 0 fully saturated rings. The molecule has 4 rings (SSSR count). The second-order valence-corrected chi connectivity index (χ2v) is 5.92. The van der Waals surface area contributed by atoms with Crippen molar-refractivity contribution in [1.29, 1.82) is 0 Å². The van der Waals surface area contributed by atoms with Gasteiger partial charge in [-0.05, 0) is 54.1 Å². The smallest absolute Gasteiger partial charge is 0.123 e. The molecule has 0 radical (unpaired) electrons. The third-order valence-electron chi connectivity index (χ3n) is 4.14. The fraction of sp³-hybridized carbons (Fsp3) is 0.0455. The van der Waals surface area contributed by atoms with Crippen molar-refractivity contribution in [3.05, 3.63) is 103 Å². The van der Waals surface area contributed by atoms with E-state index in [9.17, 15) is 4.39 Å². The van der Waals surface area contributed by atoms with Crippen LogP contribution in [0.4, 0.5) is 4.39 Å². The summed E-state index contributed by atoms with van der Waals surface area (Å²) in [7, 11) is 0. The lowest BCUT2D eigenvalue weighted by Crippen LogP contribution is -1.96. The molecule has 1 heterocycles. The Morgan fingerprint density at radius 3 is 2.31 bits per heavy atom. The number of nitrogens with zero attached hydrogens (tertiary/aromatic N) is 2. The van der Waals surface area contributed by atoms with Crippen LogP contribution < -0.4 is 4.74 Å². The third kappa shape index (κ3) is 3.49. The molecule has 3 nitrogen and oxygen atoms in total. The number of imidazole rings is 1. The van der Waals surface area contributed by atoms with Gasteiger partial charge in [0.15, 0.2) is 0 Å². The quantitative estimate of drug-likeness (QED) is 0.494. The van der Waals surface area contributed by atoms with Gasteiger partial charge in [-0.25, -0.2) is 9.37 Å². The number of ether oxygens (including phenoxy) is 1. The summed E-state index contributed by atoms with van der Waals surface area (Å²) in [4.78, 5) is 4.23. The lowest BCUT2D eigenvalue weighted by Gasteiger charge is -2.10. The molecular formula is C22H17FN2O. The van der Waals surface area contributed by atoms with Gasteiger partial charge in [0, 0.05) is 11.3 Å².